The SMILES string of the molecule is CN(C)c1nc(NN)nc(Oc2cc(F)c(Cl)cc2Br)n1. The Morgan fingerprint density at radius 1 is 1.33 bits per heavy atom. The number of nitrogens with one attached hydrogen (secondary N) is 1. The molecule has 0 spiro atoms. The van der Waals surface area contributed by atoms with Crippen molar-refractivity contribution >= 4 is 39.4 Å². The third-order valence-electron chi connectivity index (χ3n) is 2.31. The van der Waals surface area contributed by atoms with E-state index in [2.05, 4.69) is 36.3 Å². The standard InChI is InChI=1S/C11H11BrClFN6O/c1-20(2)10-16-9(19-15)17-11(18-10)21-8-4-7(14)6(13)3-5(8)12/h3-4H,15H2,1-2H3,(H,16,17,18,19). The lowest BCUT2D eigenvalue weighted by atomic mass is 10.3. The summed E-state index contributed by atoms with van der Waals surface area (Å²) in [7, 11) is 3.49. The van der Waals surface area contributed by atoms with Crippen molar-refractivity contribution in [2.24, 2.45) is 5.84 Å². The Balaban J connectivity index is 2.39. The van der Waals surface area contributed by atoms with Gasteiger partial charge in [0.25, 0.3) is 0 Å². The summed E-state index contributed by atoms with van der Waals surface area (Å²) >= 11 is 8.89. The van der Waals surface area contributed by atoms with Gasteiger partial charge in [0.1, 0.15) is 11.6 Å². The van der Waals surface area contributed by atoms with Crippen LogP contribution in [0.2, 0.25) is 5.02 Å². The minimum Gasteiger partial charge on any atom is -0.423 e. The van der Waals surface area contributed by atoms with Crippen molar-refractivity contribution in [3.05, 3.63) is 27.4 Å². The van der Waals surface area contributed by atoms with Crippen LogP contribution < -0.4 is 20.9 Å². The predicted octanol–water partition coefficient (Wildman–Crippen LogP) is 2.57. The minimum atomic E-state index is -0.617. The Labute approximate surface area is 133 Å². The zero-order valence-electron chi connectivity index (χ0n) is 11.1. The molecular weight excluding hydrogens is 367 g/mol. The molecule has 0 aliphatic heterocycles. The van der Waals surface area contributed by atoms with Crippen molar-refractivity contribution in [1.29, 1.82) is 0 Å². The Bertz CT molecular complexity index is 671. The maximum absolute atomic E-state index is 13.5. The van der Waals surface area contributed by atoms with E-state index in [4.69, 9.17) is 22.2 Å². The Morgan fingerprint density at radius 2 is 2.05 bits per heavy atom. The lowest BCUT2D eigenvalue weighted by molar-refractivity contribution is 0.434. The molecule has 1 heterocycles. The van der Waals surface area contributed by atoms with E-state index in [0.29, 0.717) is 10.4 Å². The highest BCUT2D eigenvalue weighted by Gasteiger charge is 2.13. The molecule has 0 aliphatic rings. The van der Waals surface area contributed by atoms with E-state index in [9.17, 15) is 4.39 Å². The predicted molar refractivity (Wildman–Crippen MR) is 81.1 cm³/mol. The molecule has 0 amide bonds. The van der Waals surface area contributed by atoms with Crippen LogP contribution in [0.3, 0.4) is 0 Å². The largest absolute Gasteiger partial charge is 0.423 e. The highest BCUT2D eigenvalue weighted by atomic mass is 79.9. The normalized spacial score (nSPS) is 10.4. The second-order valence-electron chi connectivity index (χ2n) is 4.08. The van der Waals surface area contributed by atoms with Gasteiger partial charge in [0.15, 0.2) is 0 Å². The molecule has 0 unspecified atom stereocenters. The quantitative estimate of drug-likeness (QED) is 0.481. The molecule has 21 heavy (non-hydrogen) atoms. The first kappa shape index (κ1) is 15.7. The van der Waals surface area contributed by atoms with Gasteiger partial charge in [-0.2, -0.15) is 15.0 Å². The van der Waals surface area contributed by atoms with Crippen LogP contribution >= 0.6 is 27.5 Å². The number of hydrogen-bond acceptors (Lipinski definition) is 7. The topological polar surface area (TPSA) is 89.2 Å². The van der Waals surface area contributed by atoms with E-state index in [0.717, 1.165) is 6.07 Å². The molecule has 0 aliphatic carbocycles. The lowest BCUT2D eigenvalue weighted by Crippen LogP contribution is -2.17. The molecular formula is C11H11BrClFN6O. The number of hydrazine groups is 1. The van der Waals surface area contributed by atoms with E-state index in [1.807, 2.05) is 0 Å². The molecule has 2 aromatic rings. The van der Waals surface area contributed by atoms with E-state index in [1.165, 1.54) is 6.07 Å². The number of benzene rings is 1. The number of nitrogen functional groups attached to an aromatic ring is 1. The van der Waals surface area contributed by atoms with Crippen LogP contribution in [-0.4, -0.2) is 29.0 Å². The van der Waals surface area contributed by atoms with Gasteiger partial charge in [0, 0.05) is 20.2 Å². The number of aromatic nitrogens is 3. The molecule has 0 atom stereocenters. The Morgan fingerprint density at radius 3 is 2.67 bits per heavy atom. The molecule has 0 radical (unpaired) electrons. The number of nitrogens with zero attached hydrogens (tertiary/aromatic N) is 4. The maximum atomic E-state index is 13.5. The van der Waals surface area contributed by atoms with Gasteiger partial charge in [0.2, 0.25) is 11.9 Å². The summed E-state index contributed by atoms with van der Waals surface area (Å²) in [5, 5.41) is -0.0248. The Kier molecular flexibility index (Phi) is 4.76. The monoisotopic (exact) mass is 376 g/mol. The average Bonchev–Trinajstić information content (AvgIpc) is 2.44. The fourth-order valence-corrected chi connectivity index (χ4v) is 2.06. The average molecular weight is 378 g/mol. The number of nitrogens with two attached hydrogens (primary N) is 1. The molecule has 0 saturated heterocycles. The summed E-state index contributed by atoms with van der Waals surface area (Å²) < 4.78 is 19.4. The summed E-state index contributed by atoms with van der Waals surface area (Å²) in [5.41, 5.74) is 2.31. The van der Waals surface area contributed by atoms with Crippen LogP contribution in [-0.2, 0) is 0 Å². The smallest absolute Gasteiger partial charge is 0.328 e. The molecule has 1 aromatic carbocycles. The molecule has 0 saturated carbocycles. The number of anilines is 2. The van der Waals surface area contributed by atoms with Crippen molar-refractivity contribution in [2.45, 2.75) is 0 Å². The molecule has 7 nitrogen and oxygen atoms in total. The Hall–Kier alpha value is -1.71. The molecule has 2 rings (SSSR count). The minimum absolute atomic E-state index is 0.0248. The van der Waals surface area contributed by atoms with Crippen LogP contribution in [0.4, 0.5) is 16.3 Å². The van der Waals surface area contributed by atoms with Crippen LogP contribution in [0, 0.1) is 5.82 Å². The first-order chi connectivity index (χ1) is 9.90. The van der Waals surface area contributed by atoms with Crippen molar-refractivity contribution in [3.8, 4) is 11.8 Å². The zero-order chi connectivity index (χ0) is 15.6. The molecule has 1 aromatic heterocycles. The van der Waals surface area contributed by atoms with E-state index < -0.39 is 5.82 Å². The van der Waals surface area contributed by atoms with Crippen LogP contribution in [0.25, 0.3) is 0 Å². The highest BCUT2D eigenvalue weighted by molar-refractivity contribution is 9.10. The maximum Gasteiger partial charge on any atom is 0.328 e. The molecule has 0 bridgehead atoms. The zero-order valence-corrected chi connectivity index (χ0v) is 13.4. The number of halogens is 3. The van der Waals surface area contributed by atoms with Gasteiger partial charge >= 0.3 is 6.01 Å². The third kappa shape index (κ3) is 3.69. The molecule has 10 heteroatoms. The van der Waals surface area contributed by atoms with Gasteiger partial charge in [-0.25, -0.2) is 10.2 Å². The van der Waals surface area contributed by atoms with Gasteiger partial charge in [-0.15, -0.1) is 0 Å². The fourth-order valence-electron chi connectivity index (χ4n) is 1.34. The third-order valence-corrected chi connectivity index (χ3v) is 3.22. The number of ether oxygens (including phenoxy) is 1. The summed E-state index contributed by atoms with van der Waals surface area (Å²) in [5.74, 6) is 5.30. The first-order valence-electron chi connectivity index (χ1n) is 5.63. The summed E-state index contributed by atoms with van der Waals surface area (Å²) in [6.07, 6.45) is 0. The van der Waals surface area contributed by atoms with Gasteiger partial charge in [-0.05, 0) is 22.0 Å². The molecule has 0 fully saturated rings. The summed E-state index contributed by atoms with van der Waals surface area (Å²) in [6.45, 7) is 0. The lowest BCUT2D eigenvalue weighted by Gasteiger charge is -2.13. The van der Waals surface area contributed by atoms with Crippen molar-refractivity contribution in [3.63, 3.8) is 0 Å². The second-order valence-corrected chi connectivity index (χ2v) is 5.34. The summed E-state index contributed by atoms with van der Waals surface area (Å²) in [4.78, 5) is 13.7. The summed E-state index contributed by atoms with van der Waals surface area (Å²) in [6, 6.07) is 2.47. The van der Waals surface area contributed by atoms with Crippen molar-refractivity contribution in [2.75, 3.05) is 24.4 Å². The molecule has 3 N–H and O–H groups in total. The van der Waals surface area contributed by atoms with Crippen molar-refractivity contribution < 1.29 is 9.13 Å². The van der Waals surface area contributed by atoms with Crippen LogP contribution in [0.15, 0.2) is 16.6 Å². The fraction of sp³-hybridized carbons (Fsp3) is 0.182. The van der Waals surface area contributed by atoms with Crippen LogP contribution in [0.1, 0.15) is 0 Å². The van der Waals surface area contributed by atoms with E-state index in [-0.39, 0.29) is 22.7 Å². The van der Waals surface area contributed by atoms with Gasteiger partial charge in [0.05, 0.1) is 9.50 Å². The van der Waals surface area contributed by atoms with E-state index in [1.54, 1.807) is 19.0 Å². The van der Waals surface area contributed by atoms with Gasteiger partial charge in [-0.1, -0.05) is 11.6 Å². The van der Waals surface area contributed by atoms with Crippen LogP contribution in [0.5, 0.6) is 11.8 Å². The number of hydrogen-bond donors (Lipinski definition) is 2. The van der Waals surface area contributed by atoms with Gasteiger partial charge in [-0.3, -0.25) is 5.43 Å². The number of rotatable bonds is 4. The van der Waals surface area contributed by atoms with E-state index >= 15 is 0 Å². The second kappa shape index (κ2) is 6.37. The first-order valence-corrected chi connectivity index (χ1v) is 6.80. The van der Waals surface area contributed by atoms with Crippen molar-refractivity contribution in [1.82, 2.24) is 15.0 Å². The molecule has 112 valence electrons. The van der Waals surface area contributed by atoms with Gasteiger partial charge < -0.3 is 9.64 Å². The highest BCUT2D eigenvalue weighted by Crippen LogP contribution is 2.33.